The molecule has 100 valence electrons. The molecule has 1 saturated carbocycles. The van der Waals surface area contributed by atoms with Crippen LogP contribution in [0.5, 0.6) is 5.75 Å². The minimum atomic E-state index is 0.449. The average Bonchev–Trinajstić information content (AvgIpc) is 2.30. The van der Waals surface area contributed by atoms with E-state index in [2.05, 4.69) is 30.4 Å². The van der Waals surface area contributed by atoms with Crippen LogP contribution in [0.15, 0.2) is 18.2 Å². The highest BCUT2D eigenvalue weighted by atomic mass is 16.5. The average molecular weight is 248 g/mol. The number of benzene rings is 1. The van der Waals surface area contributed by atoms with Crippen LogP contribution in [-0.4, -0.2) is 19.2 Å². The second-order valence-electron chi connectivity index (χ2n) is 5.26. The molecule has 1 aromatic carbocycles. The first-order valence-electron chi connectivity index (χ1n) is 6.87. The van der Waals surface area contributed by atoms with Crippen molar-refractivity contribution in [2.24, 2.45) is 11.7 Å². The fourth-order valence-electron chi connectivity index (χ4n) is 2.51. The number of nitrogens with one attached hydrogen (secondary N) is 1. The summed E-state index contributed by atoms with van der Waals surface area (Å²) in [5.74, 6) is 1.77. The smallest absolute Gasteiger partial charge is 0.122 e. The molecule has 1 aromatic rings. The van der Waals surface area contributed by atoms with Gasteiger partial charge in [-0.2, -0.15) is 0 Å². The summed E-state index contributed by atoms with van der Waals surface area (Å²) in [5, 5.41) is 3.51. The number of aryl methyl sites for hydroxylation is 1. The first kappa shape index (κ1) is 13.4. The van der Waals surface area contributed by atoms with E-state index >= 15 is 0 Å². The minimum absolute atomic E-state index is 0.449. The zero-order valence-electron chi connectivity index (χ0n) is 11.4. The van der Waals surface area contributed by atoms with Gasteiger partial charge in [-0.15, -0.1) is 0 Å². The van der Waals surface area contributed by atoms with Crippen molar-refractivity contribution in [2.75, 3.05) is 13.2 Å². The molecule has 3 nitrogen and oxygen atoms in total. The summed E-state index contributed by atoms with van der Waals surface area (Å²) in [7, 11) is 0. The second kappa shape index (κ2) is 6.21. The number of nitrogens with two attached hydrogens (primary N) is 1. The molecule has 1 aliphatic rings. The van der Waals surface area contributed by atoms with Gasteiger partial charge in [0.1, 0.15) is 5.75 Å². The Balaban J connectivity index is 1.77. The van der Waals surface area contributed by atoms with Crippen molar-refractivity contribution in [3.05, 3.63) is 29.3 Å². The van der Waals surface area contributed by atoms with E-state index < -0.39 is 0 Å². The Morgan fingerprint density at radius 3 is 2.78 bits per heavy atom. The van der Waals surface area contributed by atoms with Gasteiger partial charge in [0.25, 0.3) is 0 Å². The predicted octanol–water partition coefficient (Wildman–Crippen LogP) is 2.22. The van der Waals surface area contributed by atoms with Crippen LogP contribution in [0.1, 0.15) is 30.9 Å². The predicted molar refractivity (Wildman–Crippen MR) is 74.8 cm³/mol. The molecule has 1 fully saturated rings. The lowest BCUT2D eigenvalue weighted by atomic mass is 9.81. The fraction of sp³-hybridized carbons (Fsp3) is 0.600. The van der Waals surface area contributed by atoms with Gasteiger partial charge in [0, 0.05) is 12.6 Å². The maximum Gasteiger partial charge on any atom is 0.122 e. The van der Waals surface area contributed by atoms with Gasteiger partial charge >= 0.3 is 0 Å². The summed E-state index contributed by atoms with van der Waals surface area (Å²) in [5.41, 5.74) is 8.30. The monoisotopic (exact) mass is 248 g/mol. The van der Waals surface area contributed by atoms with Crippen LogP contribution in [0.2, 0.25) is 0 Å². The first-order valence-corrected chi connectivity index (χ1v) is 6.87. The van der Waals surface area contributed by atoms with Gasteiger partial charge in [-0.05, 0) is 56.3 Å². The molecule has 0 unspecified atom stereocenters. The minimum Gasteiger partial charge on any atom is -0.494 e. The van der Waals surface area contributed by atoms with Crippen LogP contribution in [0, 0.1) is 12.8 Å². The molecule has 0 bridgehead atoms. The molecule has 0 amide bonds. The molecule has 0 radical (unpaired) electrons. The molecule has 3 heteroatoms. The van der Waals surface area contributed by atoms with Crippen molar-refractivity contribution in [1.82, 2.24) is 5.32 Å². The Hall–Kier alpha value is -1.06. The van der Waals surface area contributed by atoms with E-state index in [0.717, 1.165) is 31.4 Å². The number of hydrogen-bond acceptors (Lipinski definition) is 3. The Morgan fingerprint density at radius 2 is 2.17 bits per heavy atom. The highest BCUT2D eigenvalue weighted by Gasteiger charge is 2.24. The summed E-state index contributed by atoms with van der Waals surface area (Å²) >= 11 is 0. The zero-order chi connectivity index (χ0) is 13.0. The Labute approximate surface area is 110 Å². The lowest BCUT2D eigenvalue weighted by Gasteiger charge is -2.32. The molecular weight excluding hydrogens is 224 g/mol. The van der Waals surface area contributed by atoms with Crippen LogP contribution < -0.4 is 15.8 Å². The summed E-state index contributed by atoms with van der Waals surface area (Å²) in [6, 6.07) is 6.85. The maximum absolute atomic E-state index is 5.78. The topological polar surface area (TPSA) is 47.3 Å². The normalized spacial score (nSPS) is 22.6. The lowest BCUT2D eigenvalue weighted by Crippen LogP contribution is -2.41. The van der Waals surface area contributed by atoms with Gasteiger partial charge in [0.2, 0.25) is 0 Å². The van der Waals surface area contributed by atoms with Crippen molar-refractivity contribution in [3.63, 3.8) is 0 Å². The van der Waals surface area contributed by atoms with Crippen molar-refractivity contribution in [1.29, 1.82) is 0 Å². The lowest BCUT2D eigenvalue weighted by molar-refractivity contribution is 0.256. The van der Waals surface area contributed by atoms with Gasteiger partial charge in [-0.25, -0.2) is 0 Å². The molecule has 0 atom stereocenters. The molecule has 2 rings (SSSR count). The van der Waals surface area contributed by atoms with Crippen LogP contribution in [0.25, 0.3) is 0 Å². The number of ether oxygens (including phenoxy) is 1. The van der Waals surface area contributed by atoms with E-state index in [4.69, 9.17) is 10.5 Å². The van der Waals surface area contributed by atoms with Crippen LogP contribution >= 0.6 is 0 Å². The molecule has 1 aliphatic carbocycles. The van der Waals surface area contributed by atoms with Crippen LogP contribution in [0.4, 0.5) is 0 Å². The summed E-state index contributed by atoms with van der Waals surface area (Å²) in [4.78, 5) is 0. The molecular formula is C15H24N2O. The van der Waals surface area contributed by atoms with Crippen LogP contribution in [0.3, 0.4) is 0 Å². The molecule has 3 N–H and O–H groups in total. The molecule has 0 saturated heterocycles. The number of rotatable bonds is 6. The van der Waals surface area contributed by atoms with Gasteiger partial charge in [-0.3, -0.25) is 0 Å². The molecule has 0 aliphatic heterocycles. The zero-order valence-corrected chi connectivity index (χ0v) is 11.4. The van der Waals surface area contributed by atoms with E-state index in [1.54, 1.807) is 0 Å². The Bertz CT molecular complexity index is 386. The standard InChI is InChI=1S/C15H24N2O/c1-3-18-15-5-4-12(6-11(15)2)9-17-10-13-7-14(16)8-13/h4-6,13-14,17H,3,7-10,16H2,1-2H3. The maximum atomic E-state index is 5.78. The van der Waals surface area contributed by atoms with Gasteiger partial charge < -0.3 is 15.8 Å². The Morgan fingerprint density at radius 1 is 1.39 bits per heavy atom. The van der Waals surface area contributed by atoms with Gasteiger partial charge in [0.15, 0.2) is 0 Å². The van der Waals surface area contributed by atoms with E-state index in [0.29, 0.717) is 6.04 Å². The Kier molecular flexibility index (Phi) is 4.61. The third kappa shape index (κ3) is 3.47. The van der Waals surface area contributed by atoms with Crippen molar-refractivity contribution in [2.45, 2.75) is 39.3 Å². The second-order valence-corrected chi connectivity index (χ2v) is 5.26. The third-order valence-electron chi connectivity index (χ3n) is 3.57. The van der Waals surface area contributed by atoms with E-state index in [1.165, 1.54) is 24.0 Å². The SMILES string of the molecule is CCOc1ccc(CNCC2CC(N)C2)cc1C. The van der Waals surface area contributed by atoms with E-state index in [-0.39, 0.29) is 0 Å². The molecule has 0 heterocycles. The summed E-state index contributed by atoms with van der Waals surface area (Å²) in [6.45, 7) is 6.84. The highest BCUT2D eigenvalue weighted by molar-refractivity contribution is 5.36. The number of hydrogen-bond donors (Lipinski definition) is 2. The van der Waals surface area contributed by atoms with Crippen LogP contribution in [-0.2, 0) is 6.54 Å². The van der Waals surface area contributed by atoms with Gasteiger partial charge in [0.05, 0.1) is 6.61 Å². The highest BCUT2D eigenvalue weighted by Crippen LogP contribution is 2.24. The quantitative estimate of drug-likeness (QED) is 0.811. The molecule has 18 heavy (non-hydrogen) atoms. The largest absolute Gasteiger partial charge is 0.494 e. The molecule has 0 aromatic heterocycles. The first-order chi connectivity index (χ1) is 8.69. The van der Waals surface area contributed by atoms with Crippen molar-refractivity contribution in [3.8, 4) is 5.75 Å². The third-order valence-corrected chi connectivity index (χ3v) is 3.57. The fourth-order valence-corrected chi connectivity index (χ4v) is 2.51. The molecule has 0 spiro atoms. The summed E-state index contributed by atoms with van der Waals surface area (Å²) < 4.78 is 5.54. The summed E-state index contributed by atoms with van der Waals surface area (Å²) in [6.07, 6.45) is 2.35. The van der Waals surface area contributed by atoms with Gasteiger partial charge in [-0.1, -0.05) is 12.1 Å². The van der Waals surface area contributed by atoms with Crippen molar-refractivity contribution < 1.29 is 4.74 Å². The van der Waals surface area contributed by atoms with E-state index in [1.807, 2.05) is 6.92 Å². The van der Waals surface area contributed by atoms with Crippen molar-refractivity contribution >= 4 is 0 Å². The van der Waals surface area contributed by atoms with E-state index in [9.17, 15) is 0 Å².